The number of carbonyl (C=O) groups is 1. The number of carbonyl (C=O) groups excluding carboxylic acids is 1. The van der Waals surface area contributed by atoms with Gasteiger partial charge in [0.2, 0.25) is 5.91 Å². The molecule has 1 aromatic heterocycles. The van der Waals surface area contributed by atoms with Gasteiger partial charge >= 0.3 is 0 Å². The SMILES string of the molecule is CN=C(NCCn1cccn1)N1CCN(C(C)=O)CC1. The van der Waals surface area contributed by atoms with Gasteiger partial charge in [0.1, 0.15) is 0 Å². The number of aliphatic imine (C=N–C) groups is 1. The summed E-state index contributed by atoms with van der Waals surface area (Å²) in [5.41, 5.74) is 0. The maximum Gasteiger partial charge on any atom is 0.219 e. The Morgan fingerprint density at radius 1 is 1.30 bits per heavy atom. The van der Waals surface area contributed by atoms with Crippen LogP contribution >= 0.6 is 0 Å². The minimum absolute atomic E-state index is 0.145. The van der Waals surface area contributed by atoms with E-state index in [4.69, 9.17) is 0 Å². The van der Waals surface area contributed by atoms with Crippen molar-refractivity contribution in [1.82, 2.24) is 24.9 Å². The molecule has 0 bridgehead atoms. The smallest absolute Gasteiger partial charge is 0.219 e. The molecule has 1 aliphatic heterocycles. The predicted octanol–water partition coefficient (Wildman–Crippen LogP) is -0.377. The molecule has 0 aliphatic carbocycles. The summed E-state index contributed by atoms with van der Waals surface area (Å²) in [5, 5.41) is 7.49. The second kappa shape index (κ2) is 6.93. The van der Waals surface area contributed by atoms with Crippen LogP contribution in [0.3, 0.4) is 0 Å². The molecule has 7 heteroatoms. The fraction of sp³-hybridized carbons (Fsp3) is 0.615. The van der Waals surface area contributed by atoms with Crippen LogP contribution in [0.15, 0.2) is 23.5 Å². The van der Waals surface area contributed by atoms with Gasteiger partial charge in [-0.05, 0) is 6.07 Å². The summed E-state index contributed by atoms with van der Waals surface area (Å²) in [6.45, 7) is 6.36. The molecule has 1 N–H and O–H groups in total. The molecule has 0 spiro atoms. The summed E-state index contributed by atoms with van der Waals surface area (Å²) >= 11 is 0. The van der Waals surface area contributed by atoms with Gasteiger partial charge in [-0.15, -0.1) is 0 Å². The largest absolute Gasteiger partial charge is 0.354 e. The third kappa shape index (κ3) is 3.72. The first kappa shape index (κ1) is 14.4. The van der Waals surface area contributed by atoms with Crippen LogP contribution in [0.2, 0.25) is 0 Å². The Bertz CT molecular complexity index is 447. The van der Waals surface area contributed by atoms with Crippen molar-refractivity contribution < 1.29 is 4.79 Å². The van der Waals surface area contributed by atoms with E-state index in [9.17, 15) is 4.79 Å². The van der Waals surface area contributed by atoms with Gasteiger partial charge in [0.25, 0.3) is 0 Å². The molecule has 7 nitrogen and oxygen atoms in total. The van der Waals surface area contributed by atoms with Crippen molar-refractivity contribution in [2.45, 2.75) is 13.5 Å². The molecule has 1 aromatic rings. The summed E-state index contributed by atoms with van der Waals surface area (Å²) in [6.07, 6.45) is 3.71. The Morgan fingerprint density at radius 2 is 2.00 bits per heavy atom. The molecule has 1 aliphatic rings. The van der Waals surface area contributed by atoms with Gasteiger partial charge in [0.05, 0.1) is 6.54 Å². The first-order valence-electron chi connectivity index (χ1n) is 6.89. The average Bonchev–Trinajstić information content (AvgIpc) is 2.97. The number of amides is 1. The molecular formula is C13H22N6O. The molecule has 1 amide bonds. The van der Waals surface area contributed by atoms with Gasteiger partial charge in [-0.25, -0.2) is 0 Å². The van der Waals surface area contributed by atoms with E-state index >= 15 is 0 Å². The van der Waals surface area contributed by atoms with E-state index in [1.54, 1.807) is 20.2 Å². The van der Waals surface area contributed by atoms with E-state index in [2.05, 4.69) is 20.3 Å². The van der Waals surface area contributed by atoms with Crippen LogP contribution in [-0.2, 0) is 11.3 Å². The Hall–Kier alpha value is -2.05. The second-order valence-corrected chi connectivity index (χ2v) is 4.74. The van der Waals surface area contributed by atoms with Gasteiger partial charge in [-0.2, -0.15) is 5.10 Å². The lowest BCUT2D eigenvalue weighted by molar-refractivity contribution is -0.130. The van der Waals surface area contributed by atoms with E-state index in [0.717, 1.165) is 45.2 Å². The van der Waals surface area contributed by atoms with Gasteiger partial charge in [-0.3, -0.25) is 14.5 Å². The number of nitrogens with one attached hydrogen (secondary N) is 1. The van der Waals surface area contributed by atoms with Crippen molar-refractivity contribution in [1.29, 1.82) is 0 Å². The number of rotatable bonds is 3. The van der Waals surface area contributed by atoms with Crippen LogP contribution in [0, 0.1) is 0 Å². The van der Waals surface area contributed by atoms with Gasteiger partial charge in [0.15, 0.2) is 5.96 Å². The molecule has 2 heterocycles. The van der Waals surface area contributed by atoms with Crippen LogP contribution in [0.25, 0.3) is 0 Å². The van der Waals surface area contributed by atoms with E-state index in [1.807, 2.05) is 21.8 Å². The molecule has 0 aromatic carbocycles. The summed E-state index contributed by atoms with van der Waals surface area (Å²) in [5.74, 6) is 1.03. The molecule has 2 rings (SSSR count). The van der Waals surface area contributed by atoms with Crippen LogP contribution in [0.5, 0.6) is 0 Å². The van der Waals surface area contributed by atoms with Crippen LogP contribution in [-0.4, -0.2) is 71.2 Å². The molecular weight excluding hydrogens is 256 g/mol. The molecule has 20 heavy (non-hydrogen) atoms. The first-order chi connectivity index (χ1) is 9.70. The number of nitrogens with zero attached hydrogens (tertiary/aromatic N) is 5. The van der Waals surface area contributed by atoms with Crippen molar-refractivity contribution in [3.63, 3.8) is 0 Å². The molecule has 0 unspecified atom stereocenters. The highest BCUT2D eigenvalue weighted by Gasteiger charge is 2.20. The quantitative estimate of drug-likeness (QED) is 0.605. The van der Waals surface area contributed by atoms with Gasteiger partial charge in [-0.1, -0.05) is 0 Å². The number of piperazine rings is 1. The Balaban J connectivity index is 1.76. The molecule has 0 atom stereocenters. The second-order valence-electron chi connectivity index (χ2n) is 4.74. The topological polar surface area (TPSA) is 65.8 Å². The standard InChI is InChI=1S/C13H22N6O/c1-12(20)17-8-10-18(11-9-17)13(14-2)15-5-7-19-6-3-4-16-19/h3-4,6H,5,7-11H2,1-2H3,(H,14,15). The minimum atomic E-state index is 0.145. The monoisotopic (exact) mass is 278 g/mol. The maximum absolute atomic E-state index is 11.3. The Labute approximate surface area is 119 Å². The highest BCUT2D eigenvalue weighted by molar-refractivity contribution is 5.80. The maximum atomic E-state index is 11.3. The zero-order valence-corrected chi connectivity index (χ0v) is 12.1. The van der Waals surface area contributed by atoms with Crippen molar-refractivity contribution in [2.75, 3.05) is 39.8 Å². The van der Waals surface area contributed by atoms with Crippen LogP contribution < -0.4 is 5.32 Å². The number of aromatic nitrogens is 2. The Kier molecular flexibility index (Phi) is 4.97. The molecule has 1 saturated heterocycles. The average molecular weight is 278 g/mol. The Morgan fingerprint density at radius 3 is 2.55 bits per heavy atom. The number of guanidine groups is 1. The van der Waals surface area contributed by atoms with E-state index in [0.29, 0.717) is 0 Å². The first-order valence-corrected chi connectivity index (χ1v) is 6.89. The van der Waals surface area contributed by atoms with Crippen molar-refractivity contribution >= 4 is 11.9 Å². The highest BCUT2D eigenvalue weighted by atomic mass is 16.2. The summed E-state index contributed by atoms with van der Waals surface area (Å²) in [7, 11) is 1.79. The number of hydrogen-bond donors (Lipinski definition) is 1. The summed E-state index contributed by atoms with van der Waals surface area (Å²) in [4.78, 5) is 19.7. The fourth-order valence-corrected chi connectivity index (χ4v) is 2.28. The number of hydrogen-bond acceptors (Lipinski definition) is 3. The van der Waals surface area contributed by atoms with Crippen molar-refractivity contribution in [3.05, 3.63) is 18.5 Å². The minimum Gasteiger partial charge on any atom is -0.354 e. The zero-order valence-electron chi connectivity index (χ0n) is 12.1. The van der Waals surface area contributed by atoms with Crippen molar-refractivity contribution in [3.8, 4) is 0 Å². The van der Waals surface area contributed by atoms with Crippen LogP contribution in [0.4, 0.5) is 0 Å². The molecule has 0 saturated carbocycles. The third-order valence-electron chi connectivity index (χ3n) is 3.42. The lowest BCUT2D eigenvalue weighted by Crippen LogP contribution is -2.53. The molecule has 110 valence electrons. The van der Waals surface area contributed by atoms with Gasteiger partial charge < -0.3 is 15.1 Å². The summed E-state index contributed by atoms with van der Waals surface area (Å²) in [6, 6.07) is 1.91. The van der Waals surface area contributed by atoms with Crippen molar-refractivity contribution in [2.24, 2.45) is 4.99 Å². The molecule has 0 radical (unpaired) electrons. The van der Waals surface area contributed by atoms with E-state index in [1.165, 1.54) is 0 Å². The highest BCUT2D eigenvalue weighted by Crippen LogP contribution is 2.02. The molecule has 1 fully saturated rings. The normalized spacial score (nSPS) is 16.4. The lowest BCUT2D eigenvalue weighted by Gasteiger charge is -2.36. The third-order valence-corrected chi connectivity index (χ3v) is 3.42. The van der Waals surface area contributed by atoms with Crippen LogP contribution in [0.1, 0.15) is 6.92 Å². The van der Waals surface area contributed by atoms with Gasteiger partial charge in [0, 0.05) is 59.1 Å². The predicted molar refractivity (Wildman–Crippen MR) is 77.4 cm³/mol. The lowest BCUT2D eigenvalue weighted by atomic mass is 10.3. The van der Waals surface area contributed by atoms with E-state index in [-0.39, 0.29) is 5.91 Å². The fourth-order valence-electron chi connectivity index (χ4n) is 2.28. The summed E-state index contributed by atoms with van der Waals surface area (Å²) < 4.78 is 1.88. The zero-order chi connectivity index (χ0) is 14.4. The van der Waals surface area contributed by atoms with E-state index < -0.39 is 0 Å².